The second-order valence-corrected chi connectivity index (χ2v) is 15.7. The molecule has 0 radical (unpaired) electrons. The molecule has 1 saturated heterocycles. The molecule has 0 aromatic heterocycles. The Morgan fingerprint density at radius 3 is 1.60 bits per heavy atom. The van der Waals surface area contributed by atoms with E-state index in [0.717, 1.165) is 96.9 Å². The summed E-state index contributed by atoms with van der Waals surface area (Å²) in [6.45, 7) is 17.3. The summed E-state index contributed by atoms with van der Waals surface area (Å²) in [6, 6.07) is 0. The van der Waals surface area contributed by atoms with Gasteiger partial charge in [0.05, 0.1) is 18.3 Å². The van der Waals surface area contributed by atoms with Crippen LogP contribution in [-0.2, 0) is 28.7 Å². The molecule has 312 valence electrons. The predicted molar refractivity (Wildman–Crippen MR) is 219 cm³/mol. The van der Waals surface area contributed by atoms with E-state index >= 15 is 0 Å². The number of likely N-dealkylation sites (tertiary alicyclic amines) is 1. The van der Waals surface area contributed by atoms with Crippen molar-refractivity contribution >= 4 is 5.97 Å². The van der Waals surface area contributed by atoms with E-state index in [4.69, 9.17) is 23.9 Å². The molecule has 1 rings (SSSR count). The van der Waals surface area contributed by atoms with Gasteiger partial charge in [0.2, 0.25) is 0 Å². The van der Waals surface area contributed by atoms with Gasteiger partial charge in [-0.05, 0) is 65.3 Å². The number of carbonyl (C=O) groups is 1. The Kier molecular flexibility index (Phi) is 37.9. The summed E-state index contributed by atoms with van der Waals surface area (Å²) < 4.78 is 17.9. The summed E-state index contributed by atoms with van der Waals surface area (Å²) in [5, 5.41) is 0. The summed E-state index contributed by atoms with van der Waals surface area (Å²) in [4.78, 5) is 26.7. The number of hydrogen-bond donors (Lipinski definition) is 1. The highest BCUT2D eigenvalue weighted by atomic mass is 16.9. The lowest BCUT2D eigenvalue weighted by Gasteiger charge is -2.37. The van der Waals surface area contributed by atoms with E-state index in [9.17, 15) is 4.79 Å². The monoisotopic (exact) mass is 743 g/mol. The molecule has 0 spiro atoms. The van der Waals surface area contributed by atoms with Crippen molar-refractivity contribution in [1.82, 2.24) is 10.5 Å². The van der Waals surface area contributed by atoms with Gasteiger partial charge < -0.3 is 19.1 Å². The summed E-state index contributed by atoms with van der Waals surface area (Å²) in [7, 11) is 2.14. The quantitative estimate of drug-likeness (QED) is 0.0294. The molecule has 1 heterocycles. The van der Waals surface area contributed by atoms with Crippen LogP contribution in [0.25, 0.3) is 0 Å². The summed E-state index contributed by atoms with van der Waals surface area (Å²) in [6.07, 6.45) is 31.7. The van der Waals surface area contributed by atoms with E-state index in [0.29, 0.717) is 19.4 Å². The first kappa shape index (κ1) is 51.2. The molecule has 0 aromatic rings. The molecule has 0 bridgehead atoms. The summed E-state index contributed by atoms with van der Waals surface area (Å²) >= 11 is 0. The first-order valence-corrected chi connectivity index (χ1v) is 22.5. The molecule has 0 aliphatic carbocycles. The first-order valence-electron chi connectivity index (χ1n) is 22.5. The third kappa shape index (κ3) is 33.8. The van der Waals surface area contributed by atoms with E-state index in [1.807, 2.05) is 0 Å². The number of carbonyl (C=O) groups excluding carboxylic acids is 1. The topological polar surface area (TPSA) is 78.5 Å². The van der Waals surface area contributed by atoms with Gasteiger partial charge in [-0.2, -0.15) is 0 Å². The minimum Gasteiger partial charge on any atom is -0.466 e. The van der Waals surface area contributed by atoms with E-state index in [1.165, 1.54) is 96.3 Å². The second-order valence-electron chi connectivity index (χ2n) is 15.7. The molecular weight excluding hydrogens is 652 g/mol. The molecule has 1 fully saturated rings. The van der Waals surface area contributed by atoms with Crippen LogP contribution in [0.4, 0.5) is 0 Å². The van der Waals surface area contributed by atoms with E-state index < -0.39 is 0 Å². The average Bonchev–Trinajstić information content (AvgIpc) is 3.14. The van der Waals surface area contributed by atoms with Crippen LogP contribution in [0.1, 0.15) is 221 Å². The fourth-order valence-electron chi connectivity index (χ4n) is 6.31. The largest absolute Gasteiger partial charge is 0.466 e. The Hall–Kier alpha value is -0.770. The molecule has 1 N–H and O–H groups in total. The Morgan fingerprint density at radius 2 is 1.06 bits per heavy atom. The van der Waals surface area contributed by atoms with Crippen LogP contribution in [0.2, 0.25) is 0 Å². The van der Waals surface area contributed by atoms with Gasteiger partial charge in [0.25, 0.3) is 0 Å². The van der Waals surface area contributed by atoms with Crippen molar-refractivity contribution in [2.45, 2.75) is 239 Å². The zero-order valence-electron chi connectivity index (χ0n) is 35.9. The highest BCUT2D eigenvalue weighted by Gasteiger charge is 2.30. The number of nitrogens with zero attached hydrogens (tertiary/aromatic N) is 1. The van der Waals surface area contributed by atoms with E-state index in [1.54, 1.807) is 0 Å². The van der Waals surface area contributed by atoms with Gasteiger partial charge in [-0.3, -0.25) is 14.5 Å². The van der Waals surface area contributed by atoms with Gasteiger partial charge >= 0.3 is 5.97 Å². The smallest absolute Gasteiger partial charge is 0.305 e. The molecule has 0 aromatic carbocycles. The SMILES string of the molecule is CCCCCCC.CCCCCCCCOC(CCCCC(=O)OCCC(CCCCC)ONOC1(C)CCN(C)CC1)OCCCCCCCC. The maximum atomic E-state index is 12.5. The molecule has 0 saturated carbocycles. The van der Waals surface area contributed by atoms with Crippen molar-refractivity contribution < 1.29 is 28.7 Å². The maximum Gasteiger partial charge on any atom is 0.305 e. The van der Waals surface area contributed by atoms with Crippen LogP contribution in [0.15, 0.2) is 0 Å². The lowest BCUT2D eigenvalue weighted by atomic mass is 9.94. The Morgan fingerprint density at radius 1 is 0.596 bits per heavy atom. The number of nitrogens with one attached hydrogen (secondary N) is 1. The van der Waals surface area contributed by atoms with Crippen LogP contribution in [0.5, 0.6) is 0 Å². The lowest BCUT2D eigenvalue weighted by Crippen LogP contribution is -2.45. The van der Waals surface area contributed by atoms with Crippen LogP contribution in [0.3, 0.4) is 0 Å². The maximum absolute atomic E-state index is 12.5. The fraction of sp³-hybridized carbons (Fsp3) is 0.977. The van der Waals surface area contributed by atoms with Gasteiger partial charge in [0.1, 0.15) is 0 Å². The molecule has 8 nitrogen and oxygen atoms in total. The number of rotatable bonds is 36. The van der Waals surface area contributed by atoms with Crippen molar-refractivity contribution in [3.63, 3.8) is 0 Å². The van der Waals surface area contributed by atoms with Crippen molar-refractivity contribution in [3.8, 4) is 0 Å². The normalized spacial score (nSPS) is 15.1. The summed E-state index contributed by atoms with van der Waals surface area (Å²) in [5.74, 6) is -0.136. The molecular formula is C44H90N2O6. The van der Waals surface area contributed by atoms with Gasteiger partial charge in [-0.1, -0.05) is 156 Å². The zero-order valence-corrected chi connectivity index (χ0v) is 35.9. The molecule has 8 heteroatoms. The van der Waals surface area contributed by atoms with Crippen LogP contribution in [-0.4, -0.2) is 68.8 Å². The Bertz CT molecular complexity index is 712. The molecule has 0 amide bonds. The number of piperidine rings is 1. The Labute approximate surface area is 323 Å². The van der Waals surface area contributed by atoms with Crippen LogP contribution < -0.4 is 5.64 Å². The Balaban J connectivity index is 0.00000335. The van der Waals surface area contributed by atoms with Crippen molar-refractivity contribution in [2.24, 2.45) is 0 Å². The van der Waals surface area contributed by atoms with Crippen molar-refractivity contribution in [2.75, 3.05) is 40.0 Å². The van der Waals surface area contributed by atoms with Crippen LogP contribution >= 0.6 is 0 Å². The van der Waals surface area contributed by atoms with Gasteiger partial charge in [-0.25, -0.2) is 0 Å². The second kappa shape index (κ2) is 38.5. The minimum absolute atomic E-state index is 0.0486. The number of esters is 1. The first-order chi connectivity index (χ1) is 25.3. The number of hydrogen-bond acceptors (Lipinski definition) is 8. The molecule has 1 atom stereocenters. The molecule has 1 aliphatic rings. The highest BCUT2D eigenvalue weighted by molar-refractivity contribution is 5.69. The molecule has 1 unspecified atom stereocenters. The third-order valence-corrected chi connectivity index (χ3v) is 10.3. The van der Waals surface area contributed by atoms with Crippen molar-refractivity contribution in [1.29, 1.82) is 0 Å². The fourth-order valence-corrected chi connectivity index (χ4v) is 6.31. The third-order valence-electron chi connectivity index (χ3n) is 10.3. The highest BCUT2D eigenvalue weighted by Crippen LogP contribution is 2.24. The van der Waals surface area contributed by atoms with Gasteiger partial charge in [0.15, 0.2) is 6.29 Å². The van der Waals surface area contributed by atoms with Crippen molar-refractivity contribution in [3.05, 3.63) is 0 Å². The lowest BCUT2D eigenvalue weighted by molar-refractivity contribution is -0.261. The zero-order chi connectivity index (χ0) is 38.4. The number of ether oxygens (including phenoxy) is 3. The standard InChI is InChI=1S/C37H74N2O6.C7H16/c1-6-9-12-14-16-21-31-42-36(43-32-22-17-15-13-10-7-2)25-20-19-24-35(40)41-33-26-34(23-18-11-8-3)44-38-45-37(4)27-29-39(5)30-28-37;1-3-5-7-6-4-2/h34,36,38H,6-33H2,1-5H3;3-7H2,1-2H3. The van der Waals surface area contributed by atoms with Crippen LogP contribution in [0, 0.1) is 0 Å². The van der Waals surface area contributed by atoms with E-state index in [2.05, 4.69) is 59.1 Å². The van der Waals surface area contributed by atoms with Gasteiger partial charge in [0, 0.05) is 39.1 Å². The minimum atomic E-state index is -0.218. The van der Waals surface area contributed by atoms with E-state index in [-0.39, 0.29) is 24.0 Å². The van der Waals surface area contributed by atoms with Gasteiger partial charge in [-0.15, -0.1) is 0 Å². The molecule has 52 heavy (non-hydrogen) atoms. The molecule has 1 aliphatic heterocycles. The summed E-state index contributed by atoms with van der Waals surface area (Å²) in [5.41, 5.74) is 2.59. The predicted octanol–water partition coefficient (Wildman–Crippen LogP) is 12.4. The average molecular weight is 743 g/mol. The number of unbranched alkanes of at least 4 members (excludes halogenated alkanes) is 17.